The summed E-state index contributed by atoms with van der Waals surface area (Å²) >= 11 is 4.96. The Morgan fingerprint density at radius 2 is 1.76 bits per heavy atom. The highest BCUT2D eigenvalue weighted by atomic mass is 32.2. The largest absolute Gasteiger partial charge is 0.338 e. The number of thiazole rings is 1. The molecule has 3 heterocycles. The molecule has 0 aliphatic heterocycles. The lowest BCUT2D eigenvalue weighted by Gasteiger charge is -2.09. The molecule has 5 aromatic rings. The van der Waals surface area contributed by atoms with Crippen LogP contribution in [-0.4, -0.2) is 29.9 Å². The lowest BCUT2D eigenvalue weighted by Crippen LogP contribution is -2.06. The van der Waals surface area contributed by atoms with E-state index in [0.29, 0.717) is 23.9 Å². The van der Waals surface area contributed by atoms with Crippen LogP contribution < -0.4 is 0 Å². The zero-order valence-electron chi connectivity index (χ0n) is 18.2. The number of aromatic nitrogens is 6. The minimum absolute atomic E-state index is 0.236. The van der Waals surface area contributed by atoms with Crippen LogP contribution in [0.4, 0.5) is 0 Å². The predicted octanol–water partition coefficient (Wildman–Crippen LogP) is 6.03. The zero-order valence-corrected chi connectivity index (χ0v) is 20.7. The number of para-hydroxylation sites is 1. The average molecular weight is 495 g/mol. The van der Waals surface area contributed by atoms with E-state index in [2.05, 4.69) is 43.1 Å². The van der Waals surface area contributed by atoms with E-state index in [4.69, 9.17) is 9.51 Å². The van der Waals surface area contributed by atoms with E-state index in [9.17, 15) is 0 Å². The topological polar surface area (TPSA) is 82.5 Å². The van der Waals surface area contributed by atoms with Crippen molar-refractivity contribution in [2.24, 2.45) is 0 Å². The van der Waals surface area contributed by atoms with E-state index in [0.717, 1.165) is 26.7 Å². The van der Waals surface area contributed by atoms with Gasteiger partial charge >= 0.3 is 0 Å². The van der Waals surface area contributed by atoms with Crippen LogP contribution in [0.15, 0.2) is 68.6 Å². The Morgan fingerprint density at radius 1 is 0.939 bits per heavy atom. The minimum atomic E-state index is 0.236. The summed E-state index contributed by atoms with van der Waals surface area (Å²) in [7, 11) is 0. The summed E-state index contributed by atoms with van der Waals surface area (Å²) in [6.45, 7) is 4.80. The summed E-state index contributed by atoms with van der Waals surface area (Å²) in [6.07, 6.45) is 0. The molecule has 3 aromatic heterocycles. The summed E-state index contributed by atoms with van der Waals surface area (Å²) in [5, 5.41) is 13.9. The maximum Gasteiger partial charge on any atom is 0.237 e. The molecule has 168 valence electrons. The van der Waals surface area contributed by atoms with Gasteiger partial charge in [0.1, 0.15) is 5.82 Å². The first-order chi connectivity index (χ1) is 16.2. The summed E-state index contributed by atoms with van der Waals surface area (Å²) in [5.41, 5.74) is 2.23. The van der Waals surface area contributed by atoms with Gasteiger partial charge in [-0.1, -0.05) is 85.0 Å². The highest BCUT2D eigenvalue weighted by Gasteiger charge is 2.17. The lowest BCUT2D eigenvalue weighted by molar-refractivity contribution is 0.382. The van der Waals surface area contributed by atoms with Gasteiger partial charge in [-0.3, -0.25) is 0 Å². The first kappa shape index (κ1) is 22.1. The van der Waals surface area contributed by atoms with Crippen LogP contribution >= 0.6 is 34.9 Å². The quantitative estimate of drug-likeness (QED) is 0.230. The van der Waals surface area contributed by atoms with Crippen molar-refractivity contribution in [2.75, 3.05) is 0 Å². The van der Waals surface area contributed by atoms with Crippen LogP contribution in [0.3, 0.4) is 0 Å². The lowest BCUT2D eigenvalue weighted by atomic mass is 10.2. The molecule has 0 amide bonds. The molecule has 0 spiro atoms. The van der Waals surface area contributed by atoms with Gasteiger partial charge in [0.25, 0.3) is 0 Å². The van der Waals surface area contributed by atoms with Gasteiger partial charge in [0.15, 0.2) is 15.3 Å². The maximum absolute atomic E-state index is 5.40. The summed E-state index contributed by atoms with van der Waals surface area (Å²) in [4.78, 5) is 9.21. The Balaban J connectivity index is 1.35. The third kappa shape index (κ3) is 5.29. The van der Waals surface area contributed by atoms with Crippen LogP contribution in [-0.2, 0) is 18.1 Å². The summed E-state index contributed by atoms with van der Waals surface area (Å²) in [5.74, 6) is 3.72. The standard InChI is InChI=1S/C23H22N6OS3/c1-15(2)21-25-20(30-28-21)14-31-22-27-26-19(29(22)12-16-8-4-3-5-9-16)13-32-23-24-17-10-6-7-11-18(17)33-23/h3-11,15H,12-14H2,1-2H3. The Bertz CT molecular complexity index is 1310. The monoisotopic (exact) mass is 494 g/mol. The van der Waals surface area contributed by atoms with Crippen LogP contribution in [0.25, 0.3) is 10.2 Å². The number of hydrogen-bond acceptors (Lipinski definition) is 9. The Hall–Kier alpha value is -2.69. The maximum atomic E-state index is 5.40. The van der Waals surface area contributed by atoms with E-state index in [-0.39, 0.29) is 5.92 Å². The number of benzene rings is 2. The molecule has 0 saturated heterocycles. The van der Waals surface area contributed by atoms with E-state index in [1.54, 1.807) is 34.9 Å². The molecule has 0 N–H and O–H groups in total. The van der Waals surface area contributed by atoms with E-state index >= 15 is 0 Å². The van der Waals surface area contributed by atoms with Gasteiger partial charge in [0.05, 0.1) is 28.3 Å². The highest BCUT2D eigenvalue weighted by Crippen LogP contribution is 2.32. The third-order valence-electron chi connectivity index (χ3n) is 4.90. The fourth-order valence-electron chi connectivity index (χ4n) is 3.18. The molecular formula is C23H22N6OS3. The average Bonchev–Trinajstić information content (AvgIpc) is 3.55. The van der Waals surface area contributed by atoms with Gasteiger partial charge in [-0.25, -0.2) is 4.98 Å². The van der Waals surface area contributed by atoms with Crippen LogP contribution in [0, 0.1) is 0 Å². The number of hydrogen-bond donors (Lipinski definition) is 0. The predicted molar refractivity (Wildman–Crippen MR) is 133 cm³/mol. The first-order valence-electron chi connectivity index (χ1n) is 10.6. The molecule has 7 nitrogen and oxygen atoms in total. The second-order valence-electron chi connectivity index (χ2n) is 7.70. The Morgan fingerprint density at radius 3 is 2.55 bits per heavy atom. The SMILES string of the molecule is CC(C)c1noc(CSc2nnc(CSc3nc4ccccc4s3)n2Cc2ccccc2)n1. The van der Waals surface area contributed by atoms with Crippen LogP contribution in [0.5, 0.6) is 0 Å². The molecular weight excluding hydrogens is 472 g/mol. The first-order valence-corrected chi connectivity index (χ1v) is 13.3. The van der Waals surface area contributed by atoms with Crippen LogP contribution in [0.1, 0.15) is 42.9 Å². The van der Waals surface area contributed by atoms with Crippen LogP contribution in [0.2, 0.25) is 0 Å². The molecule has 10 heteroatoms. The molecule has 5 rings (SSSR count). The molecule has 0 aliphatic rings. The molecule has 0 unspecified atom stereocenters. The van der Waals surface area contributed by atoms with Crippen molar-refractivity contribution in [1.29, 1.82) is 0 Å². The molecule has 0 radical (unpaired) electrons. The third-order valence-corrected chi connectivity index (χ3v) is 8.03. The van der Waals surface area contributed by atoms with Crippen molar-refractivity contribution in [1.82, 2.24) is 29.9 Å². The fraction of sp³-hybridized carbons (Fsp3) is 0.261. The summed E-state index contributed by atoms with van der Waals surface area (Å²) < 4.78 is 9.79. The fourth-order valence-corrected chi connectivity index (χ4v) is 5.99. The molecule has 33 heavy (non-hydrogen) atoms. The molecule has 0 saturated carbocycles. The second-order valence-corrected chi connectivity index (χ2v) is 10.9. The summed E-state index contributed by atoms with van der Waals surface area (Å²) in [6, 6.07) is 18.6. The van der Waals surface area contributed by atoms with Gasteiger partial charge in [-0.15, -0.1) is 21.5 Å². The number of rotatable bonds is 9. The number of thioether (sulfide) groups is 2. The van der Waals surface area contributed by atoms with Gasteiger partial charge < -0.3 is 9.09 Å². The molecule has 0 atom stereocenters. The van der Waals surface area contributed by atoms with E-state index < -0.39 is 0 Å². The molecule has 0 aliphatic carbocycles. The Kier molecular flexibility index (Phi) is 6.75. The number of fused-ring (bicyclic) bond motifs is 1. The van der Waals surface area contributed by atoms with Gasteiger partial charge in [0, 0.05) is 5.92 Å². The highest BCUT2D eigenvalue weighted by molar-refractivity contribution is 8.00. The molecule has 0 fully saturated rings. The zero-order chi connectivity index (χ0) is 22.6. The normalized spacial score (nSPS) is 11.6. The van der Waals surface area contributed by atoms with Crippen molar-refractivity contribution in [2.45, 2.75) is 47.3 Å². The van der Waals surface area contributed by atoms with Crippen molar-refractivity contribution in [3.63, 3.8) is 0 Å². The smallest absolute Gasteiger partial charge is 0.237 e. The van der Waals surface area contributed by atoms with Crippen molar-refractivity contribution < 1.29 is 4.52 Å². The van der Waals surface area contributed by atoms with E-state index in [1.165, 1.54) is 10.3 Å². The van der Waals surface area contributed by atoms with Crippen molar-refractivity contribution in [3.05, 3.63) is 77.7 Å². The Labute approximate surface area is 204 Å². The van der Waals surface area contributed by atoms with Gasteiger partial charge in [0.2, 0.25) is 5.89 Å². The number of nitrogens with zero attached hydrogens (tertiary/aromatic N) is 6. The molecule has 2 aromatic carbocycles. The van der Waals surface area contributed by atoms with E-state index in [1.807, 2.05) is 50.2 Å². The van der Waals surface area contributed by atoms with Gasteiger partial charge in [-0.2, -0.15) is 4.98 Å². The minimum Gasteiger partial charge on any atom is -0.338 e. The van der Waals surface area contributed by atoms with Gasteiger partial charge in [-0.05, 0) is 17.7 Å². The molecule has 0 bridgehead atoms. The van der Waals surface area contributed by atoms with Crippen molar-refractivity contribution in [3.8, 4) is 0 Å². The second kappa shape index (κ2) is 10.1. The van der Waals surface area contributed by atoms with Crippen molar-refractivity contribution >= 4 is 45.1 Å².